The van der Waals surface area contributed by atoms with Crippen LogP contribution in [0.5, 0.6) is 0 Å². The zero-order valence-corrected chi connectivity index (χ0v) is 19.1. The number of piperidine rings is 1. The molecule has 7 heteroatoms. The number of carbonyl (C=O) groups excluding carboxylic acids is 1. The maximum absolute atomic E-state index is 13.7. The van der Waals surface area contributed by atoms with Crippen LogP contribution >= 0.6 is 11.6 Å². The van der Waals surface area contributed by atoms with Crippen LogP contribution in [0.2, 0.25) is 5.15 Å². The van der Waals surface area contributed by atoms with E-state index >= 15 is 0 Å². The summed E-state index contributed by atoms with van der Waals surface area (Å²) in [5, 5.41) is 4.98. The number of aryl methyl sites for hydroxylation is 2. The third-order valence-electron chi connectivity index (χ3n) is 6.03. The molecule has 1 aliphatic rings. The molecule has 1 aliphatic heterocycles. The topological polar surface area (TPSA) is 54.5 Å². The van der Waals surface area contributed by atoms with Crippen LogP contribution in [0.25, 0.3) is 0 Å². The predicted octanol–water partition coefficient (Wildman–Crippen LogP) is 4.53. The van der Waals surface area contributed by atoms with Crippen molar-refractivity contribution in [2.75, 3.05) is 20.1 Å². The number of furan rings is 1. The van der Waals surface area contributed by atoms with Gasteiger partial charge in [0.05, 0.1) is 30.6 Å². The maximum atomic E-state index is 13.7. The summed E-state index contributed by atoms with van der Waals surface area (Å²) in [6, 6.07) is 12.2. The number of hydrogen-bond acceptors (Lipinski definition) is 4. The molecule has 6 nitrogen and oxygen atoms in total. The van der Waals surface area contributed by atoms with E-state index in [1.54, 1.807) is 10.9 Å². The summed E-state index contributed by atoms with van der Waals surface area (Å²) >= 11 is 6.71. The largest absolute Gasteiger partial charge is 0.467 e. The highest BCUT2D eigenvalue weighted by Crippen LogP contribution is 2.27. The van der Waals surface area contributed by atoms with Crippen molar-refractivity contribution in [2.24, 2.45) is 0 Å². The molecule has 0 aliphatic carbocycles. The second kappa shape index (κ2) is 9.28. The predicted molar refractivity (Wildman–Crippen MR) is 121 cm³/mol. The molecule has 0 saturated carbocycles. The van der Waals surface area contributed by atoms with Gasteiger partial charge in [-0.1, -0.05) is 41.4 Å². The van der Waals surface area contributed by atoms with Crippen LogP contribution in [-0.2, 0) is 13.1 Å². The number of likely N-dealkylation sites (tertiary alicyclic amines) is 1. The van der Waals surface area contributed by atoms with Gasteiger partial charge in [0.25, 0.3) is 5.91 Å². The zero-order chi connectivity index (χ0) is 22.0. The fourth-order valence-corrected chi connectivity index (χ4v) is 4.47. The molecular formula is C24H29ClN4O2. The molecule has 31 heavy (non-hydrogen) atoms. The van der Waals surface area contributed by atoms with E-state index in [0.717, 1.165) is 37.3 Å². The van der Waals surface area contributed by atoms with E-state index in [9.17, 15) is 4.79 Å². The van der Waals surface area contributed by atoms with E-state index in [1.807, 2.05) is 24.0 Å². The zero-order valence-electron chi connectivity index (χ0n) is 18.3. The van der Waals surface area contributed by atoms with Crippen molar-refractivity contribution in [3.05, 3.63) is 76.0 Å². The average Bonchev–Trinajstić information content (AvgIpc) is 3.36. The Morgan fingerprint density at radius 2 is 1.90 bits per heavy atom. The summed E-state index contributed by atoms with van der Waals surface area (Å²) in [7, 11) is 2.12. The van der Waals surface area contributed by atoms with Crippen LogP contribution in [0.1, 0.15) is 45.8 Å². The number of benzene rings is 1. The highest BCUT2D eigenvalue weighted by atomic mass is 35.5. The number of amides is 1. The molecule has 0 radical (unpaired) electrons. The van der Waals surface area contributed by atoms with Gasteiger partial charge in [-0.05, 0) is 64.5 Å². The van der Waals surface area contributed by atoms with Gasteiger partial charge in [0.1, 0.15) is 10.9 Å². The van der Waals surface area contributed by atoms with Gasteiger partial charge in [0.2, 0.25) is 0 Å². The average molecular weight is 441 g/mol. The number of nitrogens with zero attached hydrogens (tertiary/aromatic N) is 4. The summed E-state index contributed by atoms with van der Waals surface area (Å²) in [5.74, 6) is 0.691. The number of rotatable bonds is 6. The van der Waals surface area contributed by atoms with Crippen molar-refractivity contribution in [3.8, 4) is 0 Å². The standard InChI is InChI=1S/C24H29ClN4O2/c1-17-6-8-19(9-7-17)15-29-23(25)22(18(2)26-29)24(30)28(16-21-5-4-14-31-21)20-10-12-27(3)13-11-20/h4-9,14,20H,10-13,15-16H2,1-3H3. The van der Waals surface area contributed by atoms with Crippen molar-refractivity contribution in [1.82, 2.24) is 19.6 Å². The lowest BCUT2D eigenvalue weighted by atomic mass is 10.0. The van der Waals surface area contributed by atoms with Gasteiger partial charge >= 0.3 is 0 Å². The summed E-state index contributed by atoms with van der Waals surface area (Å²) in [4.78, 5) is 17.9. The van der Waals surface area contributed by atoms with Gasteiger partial charge in [-0.25, -0.2) is 4.68 Å². The summed E-state index contributed by atoms with van der Waals surface area (Å²) in [6.07, 6.45) is 3.50. The molecule has 1 amide bonds. The molecule has 2 aromatic heterocycles. The molecule has 0 spiro atoms. The Balaban J connectivity index is 1.61. The lowest BCUT2D eigenvalue weighted by Crippen LogP contribution is -2.46. The minimum Gasteiger partial charge on any atom is -0.467 e. The number of carbonyl (C=O) groups is 1. The highest BCUT2D eigenvalue weighted by molar-refractivity contribution is 6.33. The fraction of sp³-hybridized carbons (Fsp3) is 0.417. The molecule has 1 fully saturated rings. The van der Waals surface area contributed by atoms with Crippen LogP contribution in [0.4, 0.5) is 0 Å². The summed E-state index contributed by atoms with van der Waals surface area (Å²) < 4.78 is 7.27. The van der Waals surface area contributed by atoms with E-state index in [1.165, 1.54) is 5.56 Å². The van der Waals surface area contributed by atoms with Crippen molar-refractivity contribution in [3.63, 3.8) is 0 Å². The Bertz CT molecular complexity index is 1020. The number of aromatic nitrogens is 2. The Morgan fingerprint density at radius 1 is 1.19 bits per heavy atom. The lowest BCUT2D eigenvalue weighted by Gasteiger charge is -2.37. The molecule has 3 aromatic rings. The fourth-order valence-electron chi connectivity index (χ4n) is 4.15. The first-order chi connectivity index (χ1) is 14.9. The van der Waals surface area contributed by atoms with Crippen LogP contribution in [0.3, 0.4) is 0 Å². The van der Waals surface area contributed by atoms with Crippen molar-refractivity contribution in [2.45, 2.75) is 45.8 Å². The molecule has 164 valence electrons. The smallest absolute Gasteiger partial charge is 0.259 e. The van der Waals surface area contributed by atoms with Gasteiger partial charge in [-0.3, -0.25) is 4.79 Å². The van der Waals surface area contributed by atoms with Crippen molar-refractivity contribution in [1.29, 1.82) is 0 Å². The molecule has 4 rings (SSSR count). The van der Waals surface area contributed by atoms with Crippen LogP contribution in [0.15, 0.2) is 47.1 Å². The SMILES string of the molecule is Cc1ccc(Cn2nc(C)c(C(=O)N(Cc3ccco3)C3CCN(C)CC3)c2Cl)cc1. The minimum absolute atomic E-state index is 0.0800. The third-order valence-corrected chi connectivity index (χ3v) is 6.41. The Kier molecular flexibility index (Phi) is 6.49. The number of hydrogen-bond donors (Lipinski definition) is 0. The summed E-state index contributed by atoms with van der Waals surface area (Å²) in [5.41, 5.74) is 3.43. The molecule has 3 heterocycles. The second-order valence-electron chi connectivity index (χ2n) is 8.44. The molecule has 0 unspecified atom stereocenters. The molecule has 0 bridgehead atoms. The van der Waals surface area contributed by atoms with Crippen LogP contribution < -0.4 is 0 Å². The molecule has 0 N–H and O–H groups in total. The third kappa shape index (κ3) is 4.86. The minimum atomic E-state index is -0.0800. The molecule has 1 saturated heterocycles. The van der Waals surface area contributed by atoms with E-state index in [-0.39, 0.29) is 11.9 Å². The van der Waals surface area contributed by atoms with E-state index in [2.05, 4.69) is 48.2 Å². The highest BCUT2D eigenvalue weighted by Gasteiger charge is 2.32. The van der Waals surface area contributed by atoms with E-state index in [4.69, 9.17) is 16.0 Å². The molecule has 0 atom stereocenters. The lowest BCUT2D eigenvalue weighted by molar-refractivity contribution is 0.0550. The van der Waals surface area contributed by atoms with Gasteiger partial charge in [0.15, 0.2) is 0 Å². The van der Waals surface area contributed by atoms with E-state index < -0.39 is 0 Å². The normalized spacial score (nSPS) is 15.4. The van der Waals surface area contributed by atoms with Crippen molar-refractivity contribution >= 4 is 17.5 Å². The van der Waals surface area contributed by atoms with Crippen LogP contribution in [0, 0.1) is 13.8 Å². The second-order valence-corrected chi connectivity index (χ2v) is 8.80. The molecule has 1 aromatic carbocycles. The van der Waals surface area contributed by atoms with Crippen LogP contribution in [-0.4, -0.2) is 51.7 Å². The molecular weight excluding hydrogens is 412 g/mol. The summed E-state index contributed by atoms with van der Waals surface area (Å²) in [6.45, 7) is 6.80. The van der Waals surface area contributed by atoms with Gasteiger partial charge in [0, 0.05) is 6.04 Å². The van der Waals surface area contributed by atoms with Gasteiger partial charge in [-0.2, -0.15) is 5.10 Å². The first-order valence-electron chi connectivity index (χ1n) is 10.7. The number of halogens is 1. The monoisotopic (exact) mass is 440 g/mol. The Labute approximate surface area is 188 Å². The van der Waals surface area contributed by atoms with Gasteiger partial charge < -0.3 is 14.2 Å². The quantitative estimate of drug-likeness (QED) is 0.565. The van der Waals surface area contributed by atoms with Gasteiger partial charge in [-0.15, -0.1) is 0 Å². The Morgan fingerprint density at radius 3 is 2.55 bits per heavy atom. The first-order valence-corrected chi connectivity index (χ1v) is 11.1. The van der Waals surface area contributed by atoms with Crippen molar-refractivity contribution < 1.29 is 9.21 Å². The first kappa shape index (κ1) is 21.7. The van der Waals surface area contributed by atoms with E-state index in [0.29, 0.717) is 29.5 Å². The Hall–Kier alpha value is -2.57. The maximum Gasteiger partial charge on any atom is 0.259 e.